The third-order valence-electron chi connectivity index (χ3n) is 0.836. The fourth-order valence-corrected chi connectivity index (χ4v) is 1.12. The van der Waals surface area contributed by atoms with Crippen LogP contribution in [0.1, 0.15) is 0 Å². The van der Waals surface area contributed by atoms with E-state index < -0.39 is 22.0 Å². The molecule has 1 atom stereocenters. The van der Waals surface area contributed by atoms with Gasteiger partial charge in [0, 0.05) is 6.54 Å². The van der Waals surface area contributed by atoms with Gasteiger partial charge in [0.1, 0.15) is 0 Å². The molecule has 62 valence electrons. The number of aliphatic hydroxyl groups excluding tert-OH is 1. The summed E-state index contributed by atoms with van der Waals surface area (Å²) in [5.74, 6) is -0.728. The van der Waals surface area contributed by atoms with Crippen LogP contribution in [0.5, 0.6) is 0 Å². The van der Waals surface area contributed by atoms with Crippen LogP contribution < -0.4 is 34.9 Å². The van der Waals surface area contributed by atoms with E-state index >= 15 is 0 Å². The van der Waals surface area contributed by atoms with Crippen molar-refractivity contribution < 1.29 is 47.6 Å². The Morgan fingerprint density at radius 1 is 1.64 bits per heavy atom. The average molecular weight is 191 g/mol. The van der Waals surface area contributed by atoms with Crippen LogP contribution in [0.25, 0.3) is 0 Å². The third kappa shape index (κ3) is 10.8. The van der Waals surface area contributed by atoms with E-state index in [0.717, 1.165) is 0 Å². The van der Waals surface area contributed by atoms with Gasteiger partial charge in [0.25, 0.3) is 0 Å². The van der Waals surface area contributed by atoms with Crippen molar-refractivity contribution in [1.82, 2.24) is 5.32 Å². The first-order valence-electron chi connectivity index (χ1n) is 2.72. The van der Waals surface area contributed by atoms with E-state index in [-0.39, 0.29) is 36.1 Å². The molecule has 0 aliphatic rings. The van der Waals surface area contributed by atoms with Gasteiger partial charge in [-0.05, 0) is 7.05 Å². The number of hydrogen-bond donors (Lipinski definition) is 2. The van der Waals surface area contributed by atoms with E-state index in [0.29, 0.717) is 0 Å². The standard InChI is InChI=1S/C4H11NO4S.Na/c1-5-2-4(6)3-10(7,8)9;/h4-6H,2-3H2,1H3,(H,7,8,9);/q;+1/p-1. The molecule has 0 amide bonds. The maximum absolute atomic E-state index is 9.97. The number of hydrogen-bond acceptors (Lipinski definition) is 5. The zero-order valence-electron chi connectivity index (χ0n) is 6.57. The van der Waals surface area contributed by atoms with Crippen LogP contribution in [0.15, 0.2) is 0 Å². The van der Waals surface area contributed by atoms with Gasteiger partial charge < -0.3 is 15.0 Å². The van der Waals surface area contributed by atoms with Crippen molar-refractivity contribution in [2.45, 2.75) is 6.10 Å². The summed E-state index contributed by atoms with van der Waals surface area (Å²) < 4.78 is 29.9. The van der Waals surface area contributed by atoms with Crippen LogP contribution in [0.3, 0.4) is 0 Å². The minimum absolute atomic E-state index is 0. The fourth-order valence-electron chi connectivity index (χ4n) is 0.530. The number of likely N-dealkylation sites (N-methyl/N-ethyl adjacent to an activating group) is 1. The Morgan fingerprint density at radius 2 is 2.09 bits per heavy atom. The molecule has 0 aliphatic heterocycles. The summed E-state index contributed by atoms with van der Waals surface area (Å²) in [4.78, 5) is 0. The fraction of sp³-hybridized carbons (Fsp3) is 1.00. The Morgan fingerprint density at radius 3 is 2.36 bits per heavy atom. The average Bonchev–Trinajstić information content (AvgIpc) is 1.59. The Bertz CT molecular complexity index is 181. The van der Waals surface area contributed by atoms with Crippen molar-refractivity contribution in [2.75, 3.05) is 19.3 Å². The molecule has 7 heteroatoms. The van der Waals surface area contributed by atoms with Gasteiger partial charge in [-0.15, -0.1) is 0 Å². The monoisotopic (exact) mass is 191 g/mol. The van der Waals surface area contributed by atoms with Crippen molar-refractivity contribution in [1.29, 1.82) is 0 Å². The molecule has 0 aromatic carbocycles. The van der Waals surface area contributed by atoms with Gasteiger partial charge in [-0.1, -0.05) is 0 Å². The smallest absolute Gasteiger partial charge is 0.748 e. The van der Waals surface area contributed by atoms with Crippen molar-refractivity contribution >= 4 is 10.1 Å². The second-order valence-electron chi connectivity index (χ2n) is 1.94. The summed E-state index contributed by atoms with van der Waals surface area (Å²) in [5, 5.41) is 11.3. The minimum atomic E-state index is -4.29. The summed E-state index contributed by atoms with van der Waals surface area (Å²) in [5.41, 5.74) is 0. The van der Waals surface area contributed by atoms with Crippen LogP contribution in [0.4, 0.5) is 0 Å². The van der Waals surface area contributed by atoms with Gasteiger partial charge in [-0.3, -0.25) is 0 Å². The molecule has 11 heavy (non-hydrogen) atoms. The van der Waals surface area contributed by atoms with Crippen LogP contribution in [0, 0.1) is 0 Å². The Balaban J connectivity index is 0. The van der Waals surface area contributed by atoms with Gasteiger partial charge >= 0.3 is 29.6 Å². The minimum Gasteiger partial charge on any atom is -0.748 e. The first-order valence-corrected chi connectivity index (χ1v) is 4.29. The van der Waals surface area contributed by atoms with Crippen molar-refractivity contribution in [3.8, 4) is 0 Å². The molecule has 0 aliphatic carbocycles. The molecule has 0 spiro atoms. The predicted octanol–water partition coefficient (Wildman–Crippen LogP) is -4.88. The SMILES string of the molecule is CNCC(O)CS(=O)(=O)[O-].[Na+]. The topological polar surface area (TPSA) is 89.5 Å². The number of rotatable bonds is 4. The number of nitrogens with one attached hydrogen (secondary N) is 1. The Hall–Kier alpha value is 0.830. The molecule has 0 heterocycles. The van der Waals surface area contributed by atoms with Gasteiger partial charge in [0.15, 0.2) is 0 Å². The van der Waals surface area contributed by atoms with E-state index in [1.165, 1.54) is 0 Å². The predicted molar refractivity (Wildman–Crippen MR) is 34.5 cm³/mol. The van der Waals surface area contributed by atoms with E-state index in [9.17, 15) is 13.0 Å². The van der Waals surface area contributed by atoms with Crippen molar-refractivity contribution in [3.05, 3.63) is 0 Å². The van der Waals surface area contributed by atoms with Gasteiger partial charge in [-0.2, -0.15) is 0 Å². The molecule has 0 radical (unpaired) electrons. The molecule has 5 nitrogen and oxygen atoms in total. The number of aliphatic hydroxyl groups is 1. The zero-order valence-corrected chi connectivity index (χ0v) is 9.39. The largest absolute Gasteiger partial charge is 1.00 e. The summed E-state index contributed by atoms with van der Waals surface area (Å²) in [6.45, 7) is 0.113. The van der Waals surface area contributed by atoms with E-state index in [4.69, 9.17) is 5.11 Å². The second kappa shape index (κ2) is 6.36. The Labute approximate surface area is 88.2 Å². The second-order valence-corrected chi connectivity index (χ2v) is 3.38. The van der Waals surface area contributed by atoms with Crippen LogP contribution in [0.2, 0.25) is 0 Å². The van der Waals surface area contributed by atoms with E-state index in [1.54, 1.807) is 7.05 Å². The quantitative estimate of drug-likeness (QED) is 0.343. The first kappa shape index (κ1) is 14.4. The zero-order chi connectivity index (χ0) is 8.20. The van der Waals surface area contributed by atoms with Crippen molar-refractivity contribution in [2.24, 2.45) is 0 Å². The molecule has 1 unspecified atom stereocenters. The Kier molecular flexibility index (Phi) is 8.30. The van der Waals surface area contributed by atoms with E-state index in [1.807, 2.05) is 0 Å². The first-order chi connectivity index (χ1) is 4.45. The van der Waals surface area contributed by atoms with Crippen LogP contribution in [-0.2, 0) is 10.1 Å². The van der Waals surface area contributed by atoms with Gasteiger partial charge in [0.2, 0.25) is 0 Å². The molecule has 0 bridgehead atoms. The molecule has 0 saturated heterocycles. The van der Waals surface area contributed by atoms with E-state index in [2.05, 4.69) is 5.32 Å². The van der Waals surface area contributed by atoms with Crippen LogP contribution >= 0.6 is 0 Å². The third-order valence-corrected chi connectivity index (χ3v) is 1.63. The van der Waals surface area contributed by atoms with Crippen molar-refractivity contribution in [3.63, 3.8) is 0 Å². The maximum atomic E-state index is 9.97. The molecule has 0 aromatic heterocycles. The van der Waals surface area contributed by atoms with Crippen LogP contribution in [-0.4, -0.2) is 43.5 Å². The molecule has 0 saturated carbocycles. The summed E-state index contributed by atoms with van der Waals surface area (Å²) in [6.07, 6.45) is -1.10. The molecule has 0 rings (SSSR count). The summed E-state index contributed by atoms with van der Waals surface area (Å²) in [6, 6.07) is 0. The molecule has 0 aromatic rings. The molecular formula is C4H10NNaO4S. The molecule has 0 fully saturated rings. The maximum Gasteiger partial charge on any atom is 1.00 e. The molecule has 2 N–H and O–H groups in total. The summed E-state index contributed by atoms with van der Waals surface area (Å²) >= 11 is 0. The molecular weight excluding hydrogens is 181 g/mol. The van der Waals surface area contributed by atoms with Gasteiger partial charge in [0.05, 0.1) is 22.0 Å². The summed E-state index contributed by atoms with van der Waals surface area (Å²) in [7, 11) is -2.73. The van der Waals surface area contributed by atoms with Gasteiger partial charge in [-0.25, -0.2) is 8.42 Å². The normalized spacial score (nSPS) is 13.7.